The molecule has 8 nitrogen and oxygen atoms in total. The van der Waals surface area contributed by atoms with Crippen LogP contribution in [0.25, 0.3) is 33.5 Å². The number of hydrogen-bond donors (Lipinski definition) is 2. The summed E-state index contributed by atoms with van der Waals surface area (Å²) < 4.78 is 10.4. The molecule has 2 bridgehead atoms. The predicted molar refractivity (Wildman–Crippen MR) is 140 cm³/mol. The molecule has 8 heteroatoms. The van der Waals surface area contributed by atoms with E-state index in [2.05, 4.69) is 51.8 Å². The molecule has 186 valence electrons. The average molecular weight is 485 g/mol. The minimum Gasteiger partial charge on any atom is -0.494 e. The summed E-state index contributed by atoms with van der Waals surface area (Å²) in [5, 5.41) is 4.57. The van der Waals surface area contributed by atoms with Gasteiger partial charge in [-0.2, -0.15) is 0 Å². The molecular weight excluding hydrogens is 452 g/mol. The number of likely N-dealkylation sites (tertiary alicyclic amines) is 1. The van der Waals surface area contributed by atoms with Crippen molar-refractivity contribution in [3.05, 3.63) is 48.0 Å². The highest BCUT2D eigenvalue weighted by Crippen LogP contribution is 2.39. The van der Waals surface area contributed by atoms with Crippen molar-refractivity contribution in [3.63, 3.8) is 0 Å². The van der Waals surface area contributed by atoms with Crippen molar-refractivity contribution < 1.29 is 9.53 Å². The quantitative estimate of drug-likeness (QED) is 0.455. The van der Waals surface area contributed by atoms with E-state index >= 15 is 0 Å². The van der Waals surface area contributed by atoms with E-state index in [4.69, 9.17) is 15.5 Å². The molecule has 36 heavy (non-hydrogen) atoms. The van der Waals surface area contributed by atoms with Gasteiger partial charge in [-0.1, -0.05) is 18.2 Å². The number of amides is 1. The van der Waals surface area contributed by atoms with Crippen molar-refractivity contribution in [3.8, 4) is 17.3 Å². The van der Waals surface area contributed by atoms with Gasteiger partial charge in [0.2, 0.25) is 0 Å². The number of carbonyl (C=O) groups is 1. The van der Waals surface area contributed by atoms with Crippen LogP contribution in [0.4, 0.5) is 0 Å². The van der Waals surface area contributed by atoms with E-state index in [0.717, 1.165) is 61.6 Å². The Kier molecular flexibility index (Phi) is 4.91. The molecule has 2 aromatic heterocycles. The lowest BCUT2D eigenvalue weighted by Crippen LogP contribution is -2.44. The van der Waals surface area contributed by atoms with Crippen LogP contribution in [-0.4, -0.2) is 63.8 Å². The number of aryl methyl sites for hydroxylation is 1. The summed E-state index contributed by atoms with van der Waals surface area (Å²) in [6.07, 6.45) is 2.11. The third-order valence-electron chi connectivity index (χ3n) is 8.68. The molecule has 1 amide bonds. The Morgan fingerprint density at radius 3 is 2.69 bits per heavy atom. The molecule has 1 aliphatic carbocycles. The summed E-state index contributed by atoms with van der Waals surface area (Å²) in [4.78, 5) is 20.7. The molecule has 7 rings (SSSR count). The minimum absolute atomic E-state index is 0.0294. The maximum atomic E-state index is 13.6. The third-order valence-corrected chi connectivity index (χ3v) is 8.68. The van der Waals surface area contributed by atoms with Crippen LogP contribution >= 0.6 is 0 Å². The number of para-hydroxylation sites is 1. The summed E-state index contributed by atoms with van der Waals surface area (Å²) in [7, 11) is 3.76. The van der Waals surface area contributed by atoms with Gasteiger partial charge in [-0.15, -0.1) is 0 Å². The highest BCUT2D eigenvalue weighted by Gasteiger charge is 2.47. The summed E-state index contributed by atoms with van der Waals surface area (Å²) in [5.74, 6) is 2.57. The second-order valence-corrected chi connectivity index (χ2v) is 10.7. The van der Waals surface area contributed by atoms with Gasteiger partial charge >= 0.3 is 0 Å². The standard InChI is InChI=1S/C28H32N6O2/c1-32-21-6-4-3-5-17(21)10-23(32)27-31-20-9-19(28(35)33-15-18-7-8-22(33)25(18)29)11-24(36-2)26(20)34(27)14-16-12-30-13-16/h3-6,9-11,16,18,22,25,30H,7-8,12-15,29H2,1-2H3/t18?,22?,25-/m1/s1. The first kappa shape index (κ1) is 21.9. The van der Waals surface area contributed by atoms with Gasteiger partial charge in [-0.3, -0.25) is 4.79 Å². The second kappa shape index (κ2) is 8.08. The smallest absolute Gasteiger partial charge is 0.254 e. The van der Waals surface area contributed by atoms with E-state index in [-0.39, 0.29) is 18.0 Å². The van der Waals surface area contributed by atoms with Crippen molar-refractivity contribution in [2.24, 2.45) is 24.6 Å². The number of benzene rings is 2. The highest BCUT2D eigenvalue weighted by atomic mass is 16.5. The first-order chi connectivity index (χ1) is 17.5. The fourth-order valence-corrected chi connectivity index (χ4v) is 6.57. The number of ether oxygens (including phenoxy) is 1. The summed E-state index contributed by atoms with van der Waals surface area (Å²) in [5.41, 5.74) is 11.0. The number of imidazole rings is 1. The average Bonchev–Trinajstić information content (AvgIpc) is 3.60. The Balaban J connectivity index is 1.38. The molecular formula is C28H32N6O2. The van der Waals surface area contributed by atoms with Gasteiger partial charge in [0.1, 0.15) is 11.3 Å². The van der Waals surface area contributed by atoms with E-state index in [1.165, 1.54) is 10.9 Å². The number of aromatic nitrogens is 3. The Morgan fingerprint density at radius 2 is 2.03 bits per heavy atom. The van der Waals surface area contributed by atoms with Gasteiger partial charge in [0, 0.05) is 67.7 Å². The Hall–Kier alpha value is -3.36. The van der Waals surface area contributed by atoms with Crippen molar-refractivity contribution in [2.45, 2.75) is 31.5 Å². The normalized spacial score (nSPS) is 23.6. The number of fused-ring (bicyclic) bond motifs is 4. The summed E-state index contributed by atoms with van der Waals surface area (Å²) in [6, 6.07) is 14.7. The molecule has 3 atom stereocenters. The monoisotopic (exact) mass is 484 g/mol. The molecule has 0 spiro atoms. The van der Waals surface area contributed by atoms with Crippen LogP contribution in [0.3, 0.4) is 0 Å². The minimum atomic E-state index is 0.0294. The second-order valence-electron chi connectivity index (χ2n) is 10.7. The van der Waals surface area contributed by atoms with Crippen molar-refractivity contribution in [1.29, 1.82) is 0 Å². The number of hydrogen-bond acceptors (Lipinski definition) is 5. The Bertz CT molecular complexity index is 1500. The van der Waals surface area contributed by atoms with E-state index in [0.29, 0.717) is 23.1 Å². The van der Waals surface area contributed by atoms with Gasteiger partial charge in [0.25, 0.3) is 5.91 Å². The van der Waals surface area contributed by atoms with E-state index < -0.39 is 0 Å². The molecule has 2 aromatic carbocycles. The third kappa shape index (κ3) is 3.14. The van der Waals surface area contributed by atoms with E-state index in [1.54, 1.807) is 7.11 Å². The van der Waals surface area contributed by atoms with Crippen LogP contribution in [-0.2, 0) is 13.6 Å². The first-order valence-electron chi connectivity index (χ1n) is 12.9. The molecule has 3 N–H and O–H groups in total. The zero-order chi connectivity index (χ0) is 24.6. The fraction of sp³-hybridized carbons (Fsp3) is 0.429. The topological polar surface area (TPSA) is 90.3 Å². The molecule has 0 radical (unpaired) electrons. The lowest BCUT2D eigenvalue weighted by Gasteiger charge is -2.28. The molecule has 3 aliphatic rings. The molecule has 4 heterocycles. The van der Waals surface area contributed by atoms with Crippen LogP contribution in [0.5, 0.6) is 5.75 Å². The molecule has 2 unspecified atom stereocenters. The number of piperidine rings is 1. The van der Waals surface area contributed by atoms with Gasteiger partial charge in [-0.05, 0) is 43.0 Å². The number of rotatable bonds is 5. The van der Waals surface area contributed by atoms with Gasteiger partial charge in [0.05, 0.1) is 18.3 Å². The summed E-state index contributed by atoms with van der Waals surface area (Å²) in [6.45, 7) is 3.57. The molecule has 1 saturated carbocycles. The molecule has 3 fully saturated rings. The van der Waals surface area contributed by atoms with Crippen LogP contribution < -0.4 is 15.8 Å². The van der Waals surface area contributed by atoms with Crippen molar-refractivity contribution in [1.82, 2.24) is 24.3 Å². The lowest BCUT2D eigenvalue weighted by molar-refractivity contribution is 0.0700. The van der Waals surface area contributed by atoms with Crippen LogP contribution in [0.1, 0.15) is 23.2 Å². The van der Waals surface area contributed by atoms with Gasteiger partial charge < -0.3 is 29.8 Å². The van der Waals surface area contributed by atoms with Crippen LogP contribution in [0, 0.1) is 11.8 Å². The number of methoxy groups -OCH3 is 1. The van der Waals surface area contributed by atoms with Gasteiger partial charge in [0.15, 0.2) is 5.82 Å². The van der Waals surface area contributed by atoms with Crippen LogP contribution in [0.2, 0.25) is 0 Å². The van der Waals surface area contributed by atoms with Crippen molar-refractivity contribution in [2.75, 3.05) is 26.7 Å². The maximum absolute atomic E-state index is 13.6. The van der Waals surface area contributed by atoms with E-state index in [9.17, 15) is 4.79 Å². The predicted octanol–water partition coefficient (Wildman–Crippen LogP) is 2.98. The van der Waals surface area contributed by atoms with Crippen LogP contribution in [0.15, 0.2) is 42.5 Å². The van der Waals surface area contributed by atoms with Gasteiger partial charge in [-0.25, -0.2) is 4.98 Å². The number of nitrogens with one attached hydrogen (secondary N) is 1. The molecule has 2 aliphatic heterocycles. The number of nitrogens with two attached hydrogens (primary N) is 1. The number of carbonyl (C=O) groups excluding carboxylic acids is 1. The molecule has 4 aromatic rings. The zero-order valence-corrected chi connectivity index (χ0v) is 20.8. The largest absolute Gasteiger partial charge is 0.494 e. The number of nitrogens with zero attached hydrogens (tertiary/aromatic N) is 4. The maximum Gasteiger partial charge on any atom is 0.254 e. The Morgan fingerprint density at radius 1 is 1.19 bits per heavy atom. The Labute approximate surface area is 210 Å². The lowest BCUT2D eigenvalue weighted by atomic mass is 10.0. The van der Waals surface area contributed by atoms with Crippen molar-refractivity contribution >= 4 is 27.8 Å². The SMILES string of the molecule is COc1cc(C(=O)N2CC3CCC2[C@@H]3N)cc2nc(-c3cc4ccccc4n3C)n(CC3CNC3)c12. The fourth-order valence-electron chi connectivity index (χ4n) is 6.57. The van der Waals surface area contributed by atoms with E-state index in [1.807, 2.05) is 17.0 Å². The zero-order valence-electron chi connectivity index (χ0n) is 20.8. The first-order valence-corrected chi connectivity index (χ1v) is 12.9. The highest BCUT2D eigenvalue weighted by molar-refractivity contribution is 6.00. The molecule has 2 saturated heterocycles. The summed E-state index contributed by atoms with van der Waals surface area (Å²) >= 11 is 0.